The van der Waals surface area contributed by atoms with Gasteiger partial charge in [0.1, 0.15) is 0 Å². The van der Waals surface area contributed by atoms with Crippen LogP contribution >= 0.6 is 0 Å². The second-order valence-electron chi connectivity index (χ2n) is 6.08. The molecule has 3 unspecified atom stereocenters. The second kappa shape index (κ2) is 5.48. The van der Waals surface area contributed by atoms with Gasteiger partial charge < -0.3 is 10.1 Å². The summed E-state index contributed by atoms with van der Waals surface area (Å²) in [6.07, 6.45) is 1.54. The molecule has 0 saturated carbocycles. The van der Waals surface area contributed by atoms with Gasteiger partial charge in [-0.05, 0) is 32.9 Å². The molecule has 1 heterocycles. The van der Waals surface area contributed by atoms with E-state index in [2.05, 4.69) is 52.0 Å². The summed E-state index contributed by atoms with van der Waals surface area (Å²) in [6, 6.07) is 1.10. The first-order chi connectivity index (χ1) is 7.36. The number of likely N-dealkylation sites (N-methyl/N-ethyl adjacent to an activating group) is 2. The highest BCUT2D eigenvalue weighted by molar-refractivity contribution is 4.87. The van der Waals surface area contributed by atoms with Crippen LogP contribution in [-0.4, -0.2) is 50.3 Å². The third-order valence-electron chi connectivity index (χ3n) is 3.77. The van der Waals surface area contributed by atoms with E-state index in [1.54, 1.807) is 0 Å². The van der Waals surface area contributed by atoms with Crippen molar-refractivity contribution in [3.8, 4) is 0 Å². The minimum Gasteiger partial charge on any atom is -0.377 e. The highest BCUT2D eigenvalue weighted by atomic mass is 16.5. The van der Waals surface area contributed by atoms with E-state index in [1.807, 2.05) is 0 Å². The van der Waals surface area contributed by atoms with Gasteiger partial charge in [0.15, 0.2) is 0 Å². The molecule has 3 heteroatoms. The summed E-state index contributed by atoms with van der Waals surface area (Å²) in [5.74, 6) is 0. The molecule has 0 radical (unpaired) electrons. The number of hydrogen-bond donors (Lipinski definition) is 1. The Morgan fingerprint density at radius 2 is 2.06 bits per heavy atom. The zero-order valence-corrected chi connectivity index (χ0v) is 11.7. The summed E-state index contributed by atoms with van der Waals surface area (Å²) in [4.78, 5) is 2.45. The maximum atomic E-state index is 5.63. The third kappa shape index (κ3) is 3.44. The van der Waals surface area contributed by atoms with Crippen LogP contribution in [-0.2, 0) is 4.74 Å². The molecule has 1 fully saturated rings. The Hall–Kier alpha value is -0.120. The molecule has 1 N–H and O–H groups in total. The SMILES string of the molecule is CNC(CN(C)C1CCOC1C)C(C)(C)C. The summed E-state index contributed by atoms with van der Waals surface area (Å²) in [7, 11) is 4.27. The van der Waals surface area contributed by atoms with Gasteiger partial charge in [-0.2, -0.15) is 0 Å². The summed E-state index contributed by atoms with van der Waals surface area (Å²) < 4.78 is 5.63. The zero-order valence-electron chi connectivity index (χ0n) is 11.7. The van der Waals surface area contributed by atoms with Crippen LogP contribution < -0.4 is 5.32 Å². The molecule has 1 aliphatic heterocycles. The Kier molecular flexibility index (Phi) is 4.77. The van der Waals surface area contributed by atoms with Crippen molar-refractivity contribution in [3.05, 3.63) is 0 Å². The zero-order chi connectivity index (χ0) is 12.3. The van der Waals surface area contributed by atoms with Crippen LogP contribution in [0.2, 0.25) is 0 Å². The minimum atomic E-state index is 0.297. The van der Waals surface area contributed by atoms with Gasteiger partial charge in [-0.25, -0.2) is 0 Å². The molecule has 0 amide bonds. The topological polar surface area (TPSA) is 24.5 Å². The van der Waals surface area contributed by atoms with E-state index in [9.17, 15) is 0 Å². The molecule has 0 aliphatic carbocycles. The molecule has 1 rings (SSSR count). The van der Waals surface area contributed by atoms with Crippen LogP contribution in [0, 0.1) is 5.41 Å². The highest BCUT2D eigenvalue weighted by Crippen LogP contribution is 2.23. The van der Waals surface area contributed by atoms with Gasteiger partial charge in [0.2, 0.25) is 0 Å². The Bertz CT molecular complexity index is 212. The number of nitrogens with zero attached hydrogens (tertiary/aromatic N) is 1. The lowest BCUT2D eigenvalue weighted by molar-refractivity contribution is 0.0737. The molecule has 0 aromatic heterocycles. The molecular weight excluding hydrogens is 200 g/mol. The van der Waals surface area contributed by atoms with Crippen molar-refractivity contribution in [3.63, 3.8) is 0 Å². The van der Waals surface area contributed by atoms with Gasteiger partial charge in [0.25, 0.3) is 0 Å². The first-order valence-electron chi connectivity index (χ1n) is 6.35. The minimum absolute atomic E-state index is 0.297. The molecule has 3 atom stereocenters. The van der Waals surface area contributed by atoms with Crippen molar-refractivity contribution < 1.29 is 4.74 Å². The molecule has 0 bridgehead atoms. The van der Waals surface area contributed by atoms with E-state index in [4.69, 9.17) is 4.74 Å². The Morgan fingerprint density at radius 3 is 2.44 bits per heavy atom. The van der Waals surface area contributed by atoms with Crippen LogP contribution in [0.3, 0.4) is 0 Å². The molecule has 0 spiro atoms. The molecule has 1 saturated heterocycles. The van der Waals surface area contributed by atoms with E-state index < -0.39 is 0 Å². The fraction of sp³-hybridized carbons (Fsp3) is 1.00. The number of ether oxygens (including phenoxy) is 1. The lowest BCUT2D eigenvalue weighted by Crippen LogP contribution is -2.50. The molecule has 0 aromatic carbocycles. The Balaban J connectivity index is 2.51. The summed E-state index contributed by atoms with van der Waals surface area (Å²) in [5.41, 5.74) is 0.297. The van der Waals surface area contributed by atoms with Crippen molar-refractivity contribution in [1.29, 1.82) is 0 Å². The average molecular weight is 228 g/mol. The second-order valence-corrected chi connectivity index (χ2v) is 6.08. The van der Waals surface area contributed by atoms with Crippen molar-refractivity contribution in [1.82, 2.24) is 10.2 Å². The van der Waals surface area contributed by atoms with E-state index in [0.717, 1.165) is 19.6 Å². The van der Waals surface area contributed by atoms with Gasteiger partial charge >= 0.3 is 0 Å². The van der Waals surface area contributed by atoms with Crippen LogP contribution in [0.25, 0.3) is 0 Å². The monoisotopic (exact) mass is 228 g/mol. The summed E-state index contributed by atoms with van der Waals surface area (Å²) in [6.45, 7) is 11.0. The van der Waals surface area contributed by atoms with Gasteiger partial charge in [-0.3, -0.25) is 4.90 Å². The molecule has 0 aromatic rings. The first kappa shape index (κ1) is 13.9. The molecule has 1 aliphatic rings. The van der Waals surface area contributed by atoms with Gasteiger partial charge in [-0.15, -0.1) is 0 Å². The van der Waals surface area contributed by atoms with E-state index in [1.165, 1.54) is 0 Å². The normalized spacial score (nSPS) is 28.7. The highest BCUT2D eigenvalue weighted by Gasteiger charge is 2.31. The number of hydrogen-bond acceptors (Lipinski definition) is 3. The third-order valence-corrected chi connectivity index (χ3v) is 3.77. The van der Waals surface area contributed by atoms with Crippen LogP contribution in [0.4, 0.5) is 0 Å². The van der Waals surface area contributed by atoms with Crippen molar-refractivity contribution in [2.24, 2.45) is 5.41 Å². The number of nitrogens with one attached hydrogen (secondary N) is 1. The summed E-state index contributed by atoms with van der Waals surface area (Å²) in [5, 5.41) is 3.43. The molecule has 16 heavy (non-hydrogen) atoms. The van der Waals surface area contributed by atoms with Gasteiger partial charge in [0.05, 0.1) is 6.10 Å². The smallest absolute Gasteiger partial charge is 0.0702 e. The fourth-order valence-corrected chi connectivity index (χ4v) is 2.52. The van der Waals surface area contributed by atoms with E-state index >= 15 is 0 Å². The number of rotatable bonds is 4. The van der Waals surface area contributed by atoms with E-state index in [0.29, 0.717) is 23.6 Å². The van der Waals surface area contributed by atoms with Crippen LogP contribution in [0.1, 0.15) is 34.1 Å². The van der Waals surface area contributed by atoms with Crippen molar-refractivity contribution in [2.75, 3.05) is 27.2 Å². The van der Waals surface area contributed by atoms with Crippen molar-refractivity contribution in [2.45, 2.75) is 52.3 Å². The van der Waals surface area contributed by atoms with E-state index in [-0.39, 0.29) is 0 Å². The predicted octanol–water partition coefficient (Wildman–Crippen LogP) is 1.73. The predicted molar refractivity (Wildman–Crippen MR) is 68.8 cm³/mol. The quantitative estimate of drug-likeness (QED) is 0.793. The summed E-state index contributed by atoms with van der Waals surface area (Å²) >= 11 is 0. The van der Waals surface area contributed by atoms with Crippen LogP contribution in [0.5, 0.6) is 0 Å². The largest absolute Gasteiger partial charge is 0.377 e. The van der Waals surface area contributed by atoms with Gasteiger partial charge in [0, 0.05) is 25.2 Å². The fourth-order valence-electron chi connectivity index (χ4n) is 2.52. The molecule has 3 nitrogen and oxygen atoms in total. The standard InChI is InChI=1S/C13H28N2O/c1-10-11(7-8-16-10)15(6)9-12(14-5)13(2,3)4/h10-12,14H,7-9H2,1-6H3. The average Bonchev–Trinajstić information content (AvgIpc) is 2.58. The van der Waals surface area contributed by atoms with Gasteiger partial charge in [-0.1, -0.05) is 20.8 Å². The molecular formula is C13H28N2O. The Labute approximate surface area is 101 Å². The maximum absolute atomic E-state index is 5.63. The van der Waals surface area contributed by atoms with Crippen LogP contribution in [0.15, 0.2) is 0 Å². The first-order valence-corrected chi connectivity index (χ1v) is 6.35. The van der Waals surface area contributed by atoms with Crippen molar-refractivity contribution >= 4 is 0 Å². The maximum Gasteiger partial charge on any atom is 0.0702 e. The Morgan fingerprint density at radius 1 is 1.44 bits per heavy atom. The molecule has 96 valence electrons. The lowest BCUT2D eigenvalue weighted by Gasteiger charge is -2.36. The lowest BCUT2D eigenvalue weighted by atomic mass is 9.86.